The van der Waals surface area contributed by atoms with Gasteiger partial charge in [-0.1, -0.05) is 11.2 Å². The molecule has 1 saturated heterocycles. The molecular formula is C13H16ClN3O2S. The molecule has 7 heteroatoms. The van der Waals surface area contributed by atoms with Crippen molar-refractivity contribution in [2.45, 2.75) is 12.8 Å². The summed E-state index contributed by atoms with van der Waals surface area (Å²) in [5.74, 6) is 0.364. The first kappa shape index (κ1) is 15.0. The number of halogens is 1. The fraction of sp³-hybridized carbons (Fsp3) is 0.385. The summed E-state index contributed by atoms with van der Waals surface area (Å²) in [4.78, 5) is 15.0. The third-order valence-electron chi connectivity index (χ3n) is 3.11. The lowest BCUT2D eigenvalue weighted by atomic mass is 10.3. The van der Waals surface area contributed by atoms with E-state index in [-0.39, 0.29) is 18.3 Å². The molecule has 2 aromatic rings. The minimum atomic E-state index is -0.0456. The Kier molecular flexibility index (Phi) is 5.17. The molecule has 0 radical (unpaired) electrons. The highest BCUT2D eigenvalue weighted by Crippen LogP contribution is 2.25. The Hall–Kier alpha value is -1.37. The van der Waals surface area contributed by atoms with Crippen LogP contribution in [-0.4, -0.2) is 35.6 Å². The summed E-state index contributed by atoms with van der Waals surface area (Å²) in [6.45, 7) is 2.43. The largest absolute Gasteiger partial charge is 0.338 e. The van der Waals surface area contributed by atoms with Gasteiger partial charge in [0, 0.05) is 6.07 Å². The van der Waals surface area contributed by atoms with Crippen LogP contribution in [0, 0.1) is 0 Å². The van der Waals surface area contributed by atoms with Crippen molar-refractivity contribution in [2.24, 2.45) is 0 Å². The highest BCUT2D eigenvalue weighted by Gasteiger charge is 2.16. The Bertz CT molecular complexity index is 550. The van der Waals surface area contributed by atoms with E-state index in [1.807, 2.05) is 17.5 Å². The minimum Gasteiger partial charge on any atom is -0.338 e. The summed E-state index contributed by atoms with van der Waals surface area (Å²) < 4.78 is 5.13. The molecule has 0 unspecified atom stereocenters. The quantitative estimate of drug-likeness (QED) is 0.943. The van der Waals surface area contributed by atoms with Crippen molar-refractivity contribution in [1.82, 2.24) is 10.1 Å². The summed E-state index contributed by atoms with van der Waals surface area (Å²) in [5, 5.41) is 8.68. The summed E-state index contributed by atoms with van der Waals surface area (Å²) >= 11 is 1.59. The summed E-state index contributed by atoms with van der Waals surface area (Å²) in [6.07, 6.45) is 2.36. The molecule has 0 atom stereocenters. The van der Waals surface area contributed by atoms with Crippen molar-refractivity contribution >= 4 is 35.5 Å². The van der Waals surface area contributed by atoms with Crippen LogP contribution in [0.1, 0.15) is 12.8 Å². The van der Waals surface area contributed by atoms with E-state index >= 15 is 0 Å². The molecule has 108 valence electrons. The zero-order chi connectivity index (χ0) is 13.1. The number of aromatic nitrogens is 1. The molecule has 2 aromatic heterocycles. The van der Waals surface area contributed by atoms with Gasteiger partial charge in [-0.15, -0.1) is 23.7 Å². The number of hydrogen-bond donors (Lipinski definition) is 1. The third-order valence-corrected chi connectivity index (χ3v) is 4.00. The highest BCUT2D eigenvalue weighted by atomic mass is 35.5. The van der Waals surface area contributed by atoms with Crippen molar-refractivity contribution in [3.63, 3.8) is 0 Å². The van der Waals surface area contributed by atoms with Crippen LogP contribution in [0.5, 0.6) is 0 Å². The first-order chi connectivity index (χ1) is 9.31. The summed E-state index contributed by atoms with van der Waals surface area (Å²) in [6, 6.07) is 5.69. The number of carbonyl (C=O) groups excluding carboxylic acids is 1. The molecule has 3 heterocycles. The zero-order valence-electron chi connectivity index (χ0n) is 10.9. The second-order valence-electron chi connectivity index (χ2n) is 4.59. The van der Waals surface area contributed by atoms with Crippen molar-refractivity contribution in [2.75, 3.05) is 25.0 Å². The predicted octanol–water partition coefficient (Wildman–Crippen LogP) is 2.86. The van der Waals surface area contributed by atoms with Crippen molar-refractivity contribution in [3.05, 3.63) is 23.6 Å². The van der Waals surface area contributed by atoms with E-state index in [4.69, 9.17) is 4.52 Å². The molecular weight excluding hydrogens is 298 g/mol. The lowest BCUT2D eigenvalue weighted by molar-refractivity contribution is -0.117. The summed E-state index contributed by atoms with van der Waals surface area (Å²) in [5.41, 5.74) is 0.756. The fourth-order valence-corrected chi connectivity index (χ4v) is 2.87. The SMILES string of the molecule is Cl.O=C(CN1CCCC1)Nc1cc(-c2cccs2)no1. The first-order valence-corrected chi connectivity index (χ1v) is 7.22. The highest BCUT2D eigenvalue weighted by molar-refractivity contribution is 7.13. The van der Waals surface area contributed by atoms with Crippen LogP contribution in [0.15, 0.2) is 28.1 Å². The maximum atomic E-state index is 11.8. The van der Waals surface area contributed by atoms with Crippen LogP contribution in [0.25, 0.3) is 10.6 Å². The molecule has 0 saturated carbocycles. The molecule has 0 aliphatic carbocycles. The Morgan fingerprint density at radius 2 is 2.25 bits per heavy atom. The monoisotopic (exact) mass is 313 g/mol. The van der Waals surface area contributed by atoms with Crippen molar-refractivity contribution in [1.29, 1.82) is 0 Å². The van der Waals surface area contributed by atoms with Crippen LogP contribution in [0.4, 0.5) is 5.88 Å². The molecule has 1 N–H and O–H groups in total. The second kappa shape index (κ2) is 6.88. The number of rotatable bonds is 4. The average molecular weight is 314 g/mol. The smallest absolute Gasteiger partial charge is 0.240 e. The molecule has 0 aromatic carbocycles. The fourth-order valence-electron chi connectivity index (χ4n) is 2.20. The van der Waals surface area contributed by atoms with Crippen LogP contribution in [0.3, 0.4) is 0 Å². The van der Waals surface area contributed by atoms with Gasteiger partial charge in [0.1, 0.15) is 5.69 Å². The molecule has 3 rings (SSSR count). The molecule has 5 nitrogen and oxygen atoms in total. The van der Waals surface area contributed by atoms with Gasteiger partial charge in [0.2, 0.25) is 11.8 Å². The zero-order valence-corrected chi connectivity index (χ0v) is 12.5. The average Bonchev–Trinajstić information content (AvgIpc) is 3.09. The van der Waals surface area contributed by atoms with Gasteiger partial charge < -0.3 is 4.52 Å². The number of thiophene rings is 1. The van der Waals surface area contributed by atoms with Crippen molar-refractivity contribution < 1.29 is 9.32 Å². The van der Waals surface area contributed by atoms with Gasteiger partial charge in [0.05, 0.1) is 11.4 Å². The maximum Gasteiger partial charge on any atom is 0.240 e. The van der Waals surface area contributed by atoms with E-state index in [1.165, 1.54) is 12.8 Å². The van der Waals surface area contributed by atoms with E-state index in [0.29, 0.717) is 12.4 Å². The molecule has 20 heavy (non-hydrogen) atoms. The number of carbonyl (C=O) groups is 1. The summed E-state index contributed by atoms with van der Waals surface area (Å²) in [7, 11) is 0. The molecule has 1 aliphatic heterocycles. The van der Waals surface area contributed by atoms with E-state index in [9.17, 15) is 4.79 Å². The number of amides is 1. The van der Waals surface area contributed by atoms with E-state index in [2.05, 4.69) is 15.4 Å². The van der Waals surface area contributed by atoms with Crippen LogP contribution in [-0.2, 0) is 4.79 Å². The van der Waals surface area contributed by atoms with E-state index in [0.717, 1.165) is 23.7 Å². The van der Waals surface area contributed by atoms with Gasteiger partial charge in [0.15, 0.2) is 0 Å². The first-order valence-electron chi connectivity index (χ1n) is 6.34. The molecule has 1 amide bonds. The van der Waals surface area contributed by atoms with Crippen LogP contribution >= 0.6 is 23.7 Å². The van der Waals surface area contributed by atoms with Gasteiger partial charge in [-0.25, -0.2) is 0 Å². The molecule has 1 aliphatic rings. The van der Waals surface area contributed by atoms with Gasteiger partial charge >= 0.3 is 0 Å². The lowest BCUT2D eigenvalue weighted by Gasteiger charge is -2.12. The van der Waals surface area contributed by atoms with Gasteiger partial charge in [-0.3, -0.25) is 15.0 Å². The Morgan fingerprint density at radius 1 is 1.45 bits per heavy atom. The van der Waals surface area contributed by atoms with E-state index < -0.39 is 0 Å². The normalized spacial score (nSPS) is 15.0. The third kappa shape index (κ3) is 3.59. The Balaban J connectivity index is 0.00000147. The number of anilines is 1. The van der Waals surface area contributed by atoms with Gasteiger partial charge in [-0.05, 0) is 37.4 Å². The number of nitrogens with one attached hydrogen (secondary N) is 1. The Morgan fingerprint density at radius 3 is 2.95 bits per heavy atom. The van der Waals surface area contributed by atoms with Gasteiger partial charge in [0.25, 0.3) is 0 Å². The standard InChI is InChI=1S/C13H15N3O2S.ClH/c17-12(9-16-5-1-2-6-16)14-13-8-10(15-18-13)11-4-3-7-19-11;/h3-4,7-8H,1-2,5-6,9H2,(H,14,17);1H. The molecule has 0 spiro atoms. The maximum absolute atomic E-state index is 11.8. The van der Waals surface area contributed by atoms with Gasteiger partial charge in [-0.2, -0.15) is 0 Å². The predicted molar refractivity (Wildman–Crippen MR) is 81.4 cm³/mol. The second-order valence-corrected chi connectivity index (χ2v) is 5.53. The van der Waals surface area contributed by atoms with Crippen LogP contribution < -0.4 is 5.32 Å². The van der Waals surface area contributed by atoms with E-state index in [1.54, 1.807) is 17.4 Å². The number of likely N-dealkylation sites (tertiary alicyclic amines) is 1. The minimum absolute atomic E-state index is 0. The molecule has 1 fully saturated rings. The number of nitrogens with zero attached hydrogens (tertiary/aromatic N) is 2. The number of hydrogen-bond acceptors (Lipinski definition) is 5. The lowest BCUT2D eigenvalue weighted by Crippen LogP contribution is -2.30. The van der Waals surface area contributed by atoms with Crippen molar-refractivity contribution in [3.8, 4) is 10.6 Å². The topological polar surface area (TPSA) is 58.4 Å². The molecule has 0 bridgehead atoms. The Labute approximate surface area is 127 Å². The van der Waals surface area contributed by atoms with Crippen LogP contribution in [0.2, 0.25) is 0 Å².